The number of rotatable bonds is 10. The lowest BCUT2D eigenvalue weighted by Crippen LogP contribution is -2.33. The van der Waals surface area contributed by atoms with Gasteiger partial charge in [-0.15, -0.1) is 12.4 Å². The van der Waals surface area contributed by atoms with Crippen LogP contribution in [-0.2, 0) is 4.74 Å². The number of benzene rings is 1. The summed E-state index contributed by atoms with van der Waals surface area (Å²) >= 11 is 0. The van der Waals surface area contributed by atoms with Crippen LogP contribution < -0.4 is 20.5 Å². The Morgan fingerprint density at radius 3 is 2.65 bits per heavy atom. The summed E-state index contributed by atoms with van der Waals surface area (Å²) in [6.07, 6.45) is 2.40. The molecule has 10 nitrogen and oxygen atoms in total. The van der Waals surface area contributed by atoms with Crippen molar-refractivity contribution in [3.8, 4) is 23.0 Å². The number of halogens is 3. The molecule has 4 rings (SSSR count). The first-order valence-electron chi connectivity index (χ1n) is 11.8. The van der Waals surface area contributed by atoms with Gasteiger partial charge in [-0.3, -0.25) is 4.79 Å². The summed E-state index contributed by atoms with van der Waals surface area (Å²) < 4.78 is 46.5. The van der Waals surface area contributed by atoms with Crippen molar-refractivity contribution >= 4 is 24.4 Å². The molecule has 0 bridgehead atoms. The van der Waals surface area contributed by atoms with Crippen molar-refractivity contribution < 1.29 is 37.0 Å². The monoisotopic (exact) mass is 544 g/mol. The van der Waals surface area contributed by atoms with Crippen LogP contribution >= 0.6 is 12.4 Å². The van der Waals surface area contributed by atoms with E-state index in [1.807, 2.05) is 0 Å². The van der Waals surface area contributed by atoms with Gasteiger partial charge in [0.25, 0.3) is 5.91 Å². The third-order valence-corrected chi connectivity index (χ3v) is 6.13. The van der Waals surface area contributed by atoms with E-state index in [0.29, 0.717) is 37.7 Å². The second-order valence-electron chi connectivity index (χ2n) is 9.10. The summed E-state index contributed by atoms with van der Waals surface area (Å²) in [4.78, 5) is 30.6. The number of nitrogens with two attached hydrogens (primary N) is 1. The van der Waals surface area contributed by atoms with Gasteiger partial charge < -0.3 is 34.6 Å². The van der Waals surface area contributed by atoms with Gasteiger partial charge in [-0.05, 0) is 56.2 Å². The van der Waals surface area contributed by atoms with E-state index in [-0.39, 0.29) is 47.2 Å². The highest BCUT2D eigenvalue weighted by Crippen LogP contribution is 2.37. The smallest absolute Gasteiger partial charge is 0.409 e. The number of aromatic nitrogens is 1. The van der Waals surface area contributed by atoms with Gasteiger partial charge in [0.1, 0.15) is 0 Å². The van der Waals surface area contributed by atoms with E-state index in [1.54, 1.807) is 11.8 Å². The number of carbonyl (C=O) groups is 2. The predicted octanol–water partition coefficient (Wildman–Crippen LogP) is 3.99. The number of carbonyl (C=O) groups excluding carboxylic acids is 2. The van der Waals surface area contributed by atoms with Crippen LogP contribution in [0, 0.1) is 11.8 Å². The molecule has 0 radical (unpaired) electrons. The standard InChI is InChI=1S/C24H30F2N4O6.ClH/c1-13(27)20-19(21(31)28-10-15-7-8-30(11-15)24(32)33-2)29-22(36-20)16-5-6-17(35-23(25)26)18(9-16)34-12-14-3-4-14;/h5-6,9,13-15,23H,3-4,7-8,10-12,27H2,1-2H3,(H,28,31);1H/t13?,15-;/m0./s1. The quantitative estimate of drug-likeness (QED) is 0.459. The molecular formula is C24H31ClF2N4O6. The number of hydrogen-bond donors (Lipinski definition) is 2. The van der Waals surface area contributed by atoms with E-state index in [1.165, 1.54) is 25.3 Å². The zero-order valence-corrected chi connectivity index (χ0v) is 21.4. The minimum atomic E-state index is -3.00. The van der Waals surface area contributed by atoms with Gasteiger partial charge in [0.05, 0.1) is 19.8 Å². The number of ether oxygens (including phenoxy) is 3. The highest BCUT2D eigenvalue weighted by molar-refractivity contribution is 5.94. The Balaban J connectivity index is 0.00000380. The molecule has 2 atom stereocenters. The predicted molar refractivity (Wildman–Crippen MR) is 131 cm³/mol. The van der Waals surface area contributed by atoms with Crippen LogP contribution in [0.2, 0.25) is 0 Å². The van der Waals surface area contributed by atoms with Crippen LogP contribution in [0.3, 0.4) is 0 Å². The van der Waals surface area contributed by atoms with Crippen LogP contribution in [0.4, 0.5) is 13.6 Å². The molecule has 1 aliphatic carbocycles. The lowest BCUT2D eigenvalue weighted by molar-refractivity contribution is -0.0515. The zero-order valence-electron chi connectivity index (χ0n) is 20.6. The Labute approximate surface area is 219 Å². The molecule has 1 aromatic heterocycles. The van der Waals surface area contributed by atoms with Crippen molar-refractivity contribution in [3.63, 3.8) is 0 Å². The molecule has 1 saturated heterocycles. The second kappa shape index (κ2) is 12.4. The first-order chi connectivity index (χ1) is 17.2. The summed E-state index contributed by atoms with van der Waals surface area (Å²) in [5, 5.41) is 2.84. The van der Waals surface area contributed by atoms with Gasteiger partial charge in [0.15, 0.2) is 23.0 Å². The first kappa shape index (κ1) is 28.5. The Kier molecular flexibility index (Phi) is 9.55. The fourth-order valence-electron chi connectivity index (χ4n) is 3.98. The molecule has 3 N–H and O–H groups in total. The summed E-state index contributed by atoms with van der Waals surface area (Å²) in [7, 11) is 1.33. The minimum absolute atomic E-state index is 0. The van der Waals surface area contributed by atoms with Gasteiger partial charge in [0, 0.05) is 25.2 Å². The average Bonchev–Trinajstić information content (AvgIpc) is 3.37. The number of amides is 2. The van der Waals surface area contributed by atoms with Crippen molar-refractivity contribution in [1.29, 1.82) is 0 Å². The SMILES string of the molecule is COC(=O)N1CC[C@@H](CNC(=O)c2nc(-c3ccc(OC(F)F)c(OCC4CC4)c3)oc2C(C)N)C1.Cl. The van der Waals surface area contributed by atoms with E-state index >= 15 is 0 Å². The van der Waals surface area contributed by atoms with E-state index < -0.39 is 24.7 Å². The van der Waals surface area contributed by atoms with Gasteiger partial charge in [-0.25, -0.2) is 9.78 Å². The normalized spacial score (nSPS) is 17.8. The van der Waals surface area contributed by atoms with Gasteiger partial charge >= 0.3 is 12.7 Å². The van der Waals surface area contributed by atoms with Gasteiger partial charge in [-0.1, -0.05) is 0 Å². The molecular weight excluding hydrogens is 514 g/mol. The average molecular weight is 545 g/mol. The molecule has 2 aliphatic rings. The van der Waals surface area contributed by atoms with Crippen LogP contribution in [0.25, 0.3) is 11.5 Å². The number of alkyl halides is 2. The lowest BCUT2D eigenvalue weighted by Gasteiger charge is -2.15. The molecule has 1 unspecified atom stereocenters. The van der Waals surface area contributed by atoms with Gasteiger partial charge in [0.2, 0.25) is 5.89 Å². The molecule has 2 aromatic rings. The maximum atomic E-state index is 12.9. The Morgan fingerprint density at radius 2 is 2.00 bits per heavy atom. The highest BCUT2D eigenvalue weighted by Gasteiger charge is 2.29. The molecule has 1 saturated carbocycles. The Morgan fingerprint density at radius 1 is 1.24 bits per heavy atom. The highest BCUT2D eigenvalue weighted by atomic mass is 35.5. The van der Waals surface area contributed by atoms with E-state index in [2.05, 4.69) is 15.0 Å². The summed E-state index contributed by atoms with van der Waals surface area (Å²) in [5.74, 6) is 0.354. The number of methoxy groups -OCH3 is 1. The summed E-state index contributed by atoms with van der Waals surface area (Å²) in [6, 6.07) is 3.73. The second-order valence-corrected chi connectivity index (χ2v) is 9.10. The van der Waals surface area contributed by atoms with Gasteiger partial charge in [-0.2, -0.15) is 8.78 Å². The van der Waals surface area contributed by atoms with Crippen LogP contribution in [0.15, 0.2) is 22.6 Å². The number of likely N-dealkylation sites (tertiary alicyclic amines) is 1. The largest absolute Gasteiger partial charge is 0.489 e. The molecule has 37 heavy (non-hydrogen) atoms. The summed E-state index contributed by atoms with van der Waals surface area (Å²) in [5.41, 5.74) is 6.49. The van der Waals surface area contributed by atoms with Crippen molar-refractivity contribution in [1.82, 2.24) is 15.2 Å². The van der Waals surface area contributed by atoms with E-state index in [0.717, 1.165) is 19.3 Å². The number of hydrogen-bond acceptors (Lipinski definition) is 8. The molecule has 0 spiro atoms. The van der Waals surface area contributed by atoms with E-state index in [4.69, 9.17) is 19.6 Å². The van der Waals surface area contributed by atoms with Crippen molar-refractivity contribution in [2.24, 2.45) is 17.6 Å². The molecule has 13 heteroatoms. The molecule has 1 aliphatic heterocycles. The maximum Gasteiger partial charge on any atom is 0.409 e. The third-order valence-electron chi connectivity index (χ3n) is 6.13. The lowest BCUT2D eigenvalue weighted by atomic mass is 10.1. The van der Waals surface area contributed by atoms with Crippen molar-refractivity contribution in [3.05, 3.63) is 29.7 Å². The van der Waals surface area contributed by atoms with Crippen LogP contribution in [-0.4, -0.2) is 61.8 Å². The fraction of sp³-hybridized carbons (Fsp3) is 0.542. The Hall–Kier alpha value is -3.12. The van der Waals surface area contributed by atoms with Crippen molar-refractivity contribution in [2.45, 2.75) is 38.8 Å². The van der Waals surface area contributed by atoms with E-state index in [9.17, 15) is 18.4 Å². The number of nitrogens with one attached hydrogen (secondary N) is 1. The number of oxazole rings is 1. The maximum absolute atomic E-state index is 12.9. The van der Waals surface area contributed by atoms with Crippen LogP contribution in [0.1, 0.15) is 48.5 Å². The van der Waals surface area contributed by atoms with Crippen LogP contribution in [0.5, 0.6) is 11.5 Å². The fourth-order valence-corrected chi connectivity index (χ4v) is 3.98. The molecule has 2 amide bonds. The molecule has 1 aromatic carbocycles. The first-order valence-corrected chi connectivity index (χ1v) is 11.8. The molecule has 204 valence electrons. The van der Waals surface area contributed by atoms with Crippen molar-refractivity contribution in [2.75, 3.05) is 33.4 Å². The molecule has 2 heterocycles. The molecule has 2 fully saturated rings. The minimum Gasteiger partial charge on any atom is -0.489 e. The summed E-state index contributed by atoms with van der Waals surface area (Å²) in [6.45, 7) is 0.431. The Bertz CT molecular complexity index is 1100. The zero-order chi connectivity index (χ0) is 25.8. The third kappa shape index (κ3) is 7.22. The number of nitrogens with zero attached hydrogens (tertiary/aromatic N) is 2. The topological polar surface area (TPSA) is 129 Å².